The van der Waals surface area contributed by atoms with Gasteiger partial charge in [0, 0.05) is 30.6 Å². The van der Waals surface area contributed by atoms with Gasteiger partial charge in [-0.3, -0.25) is 4.79 Å². The molecule has 1 aromatic carbocycles. The molecule has 2 unspecified atom stereocenters. The summed E-state index contributed by atoms with van der Waals surface area (Å²) in [5.41, 5.74) is 7.02. The van der Waals surface area contributed by atoms with Gasteiger partial charge in [0.15, 0.2) is 0 Å². The number of hydrogen-bond acceptors (Lipinski definition) is 4. The molecule has 1 fully saturated rings. The second-order valence-electron chi connectivity index (χ2n) is 6.82. The van der Waals surface area contributed by atoms with Crippen molar-refractivity contribution in [3.63, 3.8) is 0 Å². The lowest BCUT2D eigenvalue weighted by Crippen LogP contribution is -2.37. The molecule has 2 atom stereocenters. The van der Waals surface area contributed by atoms with Crippen LogP contribution >= 0.6 is 0 Å². The van der Waals surface area contributed by atoms with Crippen LogP contribution in [-0.2, 0) is 11.3 Å². The third kappa shape index (κ3) is 6.33. The van der Waals surface area contributed by atoms with Crippen molar-refractivity contribution in [2.45, 2.75) is 52.1 Å². The van der Waals surface area contributed by atoms with E-state index in [4.69, 9.17) is 10.5 Å². The Balaban J connectivity index is 1.84. The van der Waals surface area contributed by atoms with E-state index >= 15 is 0 Å². The molecule has 0 aliphatic heterocycles. The van der Waals surface area contributed by atoms with Gasteiger partial charge in [0.25, 0.3) is 0 Å². The van der Waals surface area contributed by atoms with Crippen molar-refractivity contribution in [1.82, 2.24) is 10.2 Å². The van der Waals surface area contributed by atoms with E-state index in [0.29, 0.717) is 13.2 Å². The zero-order valence-corrected chi connectivity index (χ0v) is 15.7. The van der Waals surface area contributed by atoms with E-state index in [1.165, 1.54) is 0 Å². The van der Waals surface area contributed by atoms with E-state index in [0.717, 1.165) is 56.6 Å². The van der Waals surface area contributed by atoms with Crippen LogP contribution in [0.1, 0.15) is 45.1 Å². The first-order chi connectivity index (χ1) is 12.1. The van der Waals surface area contributed by atoms with Crippen molar-refractivity contribution in [3.8, 4) is 5.75 Å². The third-order valence-corrected chi connectivity index (χ3v) is 5.07. The standard InChI is InChI=1S/C20H33N3O2/c1-3-23(4-2)12-13-25-19-11-6-5-8-17(19)15-22-20(24)16-9-7-10-18(21)14-16/h5-6,8,11,16,18H,3-4,7,9-10,12-15,21H2,1-2H3,(H,22,24). The van der Waals surface area contributed by atoms with Crippen molar-refractivity contribution in [1.29, 1.82) is 0 Å². The van der Waals surface area contributed by atoms with Gasteiger partial charge in [0.2, 0.25) is 5.91 Å². The predicted octanol–water partition coefficient (Wildman–Crippen LogP) is 2.54. The van der Waals surface area contributed by atoms with E-state index in [9.17, 15) is 4.79 Å². The van der Waals surface area contributed by atoms with Crippen LogP contribution in [0.4, 0.5) is 0 Å². The van der Waals surface area contributed by atoms with Crippen LogP contribution < -0.4 is 15.8 Å². The molecule has 25 heavy (non-hydrogen) atoms. The van der Waals surface area contributed by atoms with Crippen LogP contribution in [0.3, 0.4) is 0 Å². The molecule has 5 nitrogen and oxygen atoms in total. The lowest BCUT2D eigenvalue weighted by Gasteiger charge is -2.25. The molecule has 0 radical (unpaired) electrons. The first kappa shape index (κ1) is 19.7. The Morgan fingerprint density at radius 2 is 2.04 bits per heavy atom. The Morgan fingerprint density at radius 1 is 1.28 bits per heavy atom. The Hall–Kier alpha value is -1.59. The minimum absolute atomic E-state index is 0.0551. The molecule has 140 valence electrons. The molecule has 0 saturated heterocycles. The monoisotopic (exact) mass is 347 g/mol. The van der Waals surface area contributed by atoms with Gasteiger partial charge in [-0.2, -0.15) is 0 Å². The fourth-order valence-corrected chi connectivity index (χ4v) is 3.41. The predicted molar refractivity (Wildman–Crippen MR) is 102 cm³/mol. The Labute approximate surface area is 151 Å². The number of nitrogens with one attached hydrogen (secondary N) is 1. The summed E-state index contributed by atoms with van der Waals surface area (Å²) in [6, 6.07) is 8.10. The molecule has 1 aliphatic rings. The molecular weight excluding hydrogens is 314 g/mol. The van der Waals surface area contributed by atoms with Gasteiger partial charge in [-0.25, -0.2) is 0 Å². The SMILES string of the molecule is CCN(CC)CCOc1ccccc1CNC(=O)C1CCCC(N)C1. The van der Waals surface area contributed by atoms with Crippen molar-refractivity contribution in [2.75, 3.05) is 26.2 Å². The molecule has 0 heterocycles. The van der Waals surface area contributed by atoms with Crippen LogP contribution in [0.15, 0.2) is 24.3 Å². The highest BCUT2D eigenvalue weighted by Crippen LogP contribution is 2.24. The molecule has 2 rings (SSSR count). The van der Waals surface area contributed by atoms with Crippen LogP contribution in [0.2, 0.25) is 0 Å². The van der Waals surface area contributed by atoms with Crippen molar-refractivity contribution < 1.29 is 9.53 Å². The number of carbonyl (C=O) groups excluding carboxylic acids is 1. The molecule has 3 N–H and O–H groups in total. The fourth-order valence-electron chi connectivity index (χ4n) is 3.41. The highest BCUT2D eigenvalue weighted by atomic mass is 16.5. The first-order valence-electron chi connectivity index (χ1n) is 9.60. The molecule has 1 aliphatic carbocycles. The lowest BCUT2D eigenvalue weighted by atomic mass is 9.85. The quantitative estimate of drug-likeness (QED) is 0.720. The maximum atomic E-state index is 12.4. The number of likely N-dealkylation sites (N-methyl/N-ethyl adjacent to an activating group) is 1. The van der Waals surface area contributed by atoms with E-state index in [2.05, 4.69) is 24.1 Å². The molecule has 5 heteroatoms. The molecule has 1 saturated carbocycles. The van der Waals surface area contributed by atoms with Crippen LogP contribution in [-0.4, -0.2) is 43.1 Å². The summed E-state index contributed by atoms with van der Waals surface area (Å²) in [4.78, 5) is 14.7. The fraction of sp³-hybridized carbons (Fsp3) is 0.650. The summed E-state index contributed by atoms with van der Waals surface area (Å²) in [5.74, 6) is 1.03. The van der Waals surface area contributed by atoms with Gasteiger partial charge in [-0.05, 0) is 38.4 Å². The maximum Gasteiger partial charge on any atom is 0.223 e. The van der Waals surface area contributed by atoms with E-state index in [1.54, 1.807) is 0 Å². The molecule has 1 amide bonds. The van der Waals surface area contributed by atoms with Crippen LogP contribution in [0.25, 0.3) is 0 Å². The minimum Gasteiger partial charge on any atom is -0.492 e. The van der Waals surface area contributed by atoms with Gasteiger partial charge in [0.1, 0.15) is 12.4 Å². The molecule has 0 bridgehead atoms. The number of nitrogens with two attached hydrogens (primary N) is 1. The largest absolute Gasteiger partial charge is 0.492 e. The Kier molecular flexibility index (Phi) is 8.22. The zero-order chi connectivity index (χ0) is 18.1. The summed E-state index contributed by atoms with van der Waals surface area (Å²) in [7, 11) is 0. The van der Waals surface area contributed by atoms with Gasteiger partial charge < -0.3 is 20.7 Å². The smallest absolute Gasteiger partial charge is 0.223 e. The highest BCUT2D eigenvalue weighted by molar-refractivity contribution is 5.78. The van der Waals surface area contributed by atoms with E-state index < -0.39 is 0 Å². The number of ether oxygens (including phenoxy) is 1. The van der Waals surface area contributed by atoms with E-state index in [1.807, 2.05) is 24.3 Å². The third-order valence-electron chi connectivity index (χ3n) is 5.07. The van der Waals surface area contributed by atoms with Gasteiger partial charge in [0.05, 0.1) is 0 Å². The van der Waals surface area contributed by atoms with Gasteiger partial charge >= 0.3 is 0 Å². The Bertz CT molecular complexity index is 531. The number of hydrogen-bond donors (Lipinski definition) is 2. The van der Waals surface area contributed by atoms with Crippen molar-refractivity contribution in [3.05, 3.63) is 29.8 Å². The number of nitrogens with zero attached hydrogens (tertiary/aromatic N) is 1. The van der Waals surface area contributed by atoms with Crippen molar-refractivity contribution >= 4 is 5.91 Å². The minimum atomic E-state index is 0.0551. The molecular formula is C20H33N3O2. The number of carbonyl (C=O) groups is 1. The maximum absolute atomic E-state index is 12.4. The molecule has 0 spiro atoms. The number of para-hydroxylation sites is 1. The summed E-state index contributed by atoms with van der Waals surface area (Å²) in [6.07, 6.45) is 3.83. The second kappa shape index (κ2) is 10.4. The average molecular weight is 348 g/mol. The summed E-state index contributed by atoms with van der Waals surface area (Å²) in [6.45, 7) is 8.44. The van der Waals surface area contributed by atoms with Gasteiger partial charge in [-0.1, -0.05) is 38.5 Å². The summed E-state index contributed by atoms with van der Waals surface area (Å²) >= 11 is 0. The molecule has 0 aromatic heterocycles. The lowest BCUT2D eigenvalue weighted by molar-refractivity contribution is -0.126. The van der Waals surface area contributed by atoms with Crippen LogP contribution in [0.5, 0.6) is 5.75 Å². The Morgan fingerprint density at radius 3 is 2.76 bits per heavy atom. The summed E-state index contributed by atoms with van der Waals surface area (Å²) < 4.78 is 5.95. The van der Waals surface area contributed by atoms with Crippen molar-refractivity contribution in [2.24, 2.45) is 11.7 Å². The summed E-state index contributed by atoms with van der Waals surface area (Å²) in [5, 5.41) is 3.07. The van der Waals surface area contributed by atoms with E-state index in [-0.39, 0.29) is 17.9 Å². The molecule has 1 aromatic rings. The number of rotatable bonds is 9. The number of amides is 1. The zero-order valence-electron chi connectivity index (χ0n) is 15.7. The van der Waals surface area contributed by atoms with Gasteiger partial charge in [-0.15, -0.1) is 0 Å². The van der Waals surface area contributed by atoms with Crippen LogP contribution in [0, 0.1) is 5.92 Å². The average Bonchev–Trinajstić information content (AvgIpc) is 2.64. The normalized spacial score (nSPS) is 20.5. The highest BCUT2D eigenvalue weighted by Gasteiger charge is 2.25. The topological polar surface area (TPSA) is 67.6 Å². The number of benzene rings is 1. The second-order valence-corrected chi connectivity index (χ2v) is 6.82. The first-order valence-corrected chi connectivity index (χ1v) is 9.60.